The van der Waals surface area contributed by atoms with Crippen LogP contribution in [0.15, 0.2) is 4.99 Å². The van der Waals surface area contributed by atoms with Gasteiger partial charge in [-0.05, 0) is 19.8 Å². The van der Waals surface area contributed by atoms with E-state index in [1.807, 2.05) is 16.7 Å². The van der Waals surface area contributed by atoms with Gasteiger partial charge in [-0.15, -0.1) is 0 Å². The number of aliphatic imine (C=N–C) groups is 1. The van der Waals surface area contributed by atoms with Crippen LogP contribution in [0.2, 0.25) is 0 Å². The van der Waals surface area contributed by atoms with Crippen molar-refractivity contribution >= 4 is 23.0 Å². The summed E-state index contributed by atoms with van der Waals surface area (Å²) in [5.41, 5.74) is 0. The molecule has 2 atom stereocenters. The summed E-state index contributed by atoms with van der Waals surface area (Å²) in [7, 11) is 0. The maximum absolute atomic E-state index is 12.3. The van der Waals surface area contributed by atoms with E-state index in [2.05, 4.69) is 0 Å². The van der Waals surface area contributed by atoms with Gasteiger partial charge in [0.05, 0.1) is 18.0 Å². The summed E-state index contributed by atoms with van der Waals surface area (Å²) < 4.78 is 0. The number of carbonyl (C=O) groups is 1. The van der Waals surface area contributed by atoms with Crippen LogP contribution in [0.5, 0.6) is 0 Å². The highest BCUT2D eigenvalue weighted by Crippen LogP contribution is 2.36. The molecule has 1 aliphatic carbocycles. The molecule has 2 fully saturated rings. The first-order valence-corrected chi connectivity index (χ1v) is 7.08. The lowest BCUT2D eigenvalue weighted by atomic mass is 9.91. The number of urea groups is 1. The third kappa shape index (κ3) is 1.44. The predicted octanol–water partition coefficient (Wildman–Crippen LogP) is 2.12. The van der Waals surface area contributed by atoms with Crippen molar-refractivity contribution in [2.45, 2.75) is 44.7 Å². The third-order valence-corrected chi connectivity index (χ3v) is 4.72. The molecule has 0 aromatic rings. The van der Waals surface area contributed by atoms with E-state index in [9.17, 15) is 4.79 Å². The molecule has 3 aliphatic rings. The standard InChI is InChI=1S/C11H17N3OS/c1-2-13-7-16-10-12-8-5-3-4-6-9(8)14(10)11(13)15/h8-9H,2-7H2,1H3/t8-,9+/m1/s1. The van der Waals surface area contributed by atoms with Crippen LogP contribution < -0.4 is 0 Å². The zero-order chi connectivity index (χ0) is 11.1. The molecule has 16 heavy (non-hydrogen) atoms. The zero-order valence-electron chi connectivity index (χ0n) is 9.56. The first kappa shape index (κ1) is 10.4. The zero-order valence-corrected chi connectivity index (χ0v) is 10.4. The number of rotatable bonds is 1. The Labute approximate surface area is 100 Å². The van der Waals surface area contributed by atoms with Crippen molar-refractivity contribution in [2.24, 2.45) is 4.99 Å². The summed E-state index contributed by atoms with van der Waals surface area (Å²) >= 11 is 1.72. The van der Waals surface area contributed by atoms with E-state index in [1.165, 1.54) is 12.8 Å². The molecule has 4 nitrogen and oxygen atoms in total. The molecule has 2 aliphatic heterocycles. The van der Waals surface area contributed by atoms with Gasteiger partial charge in [0.1, 0.15) is 0 Å². The van der Waals surface area contributed by atoms with Gasteiger partial charge in [-0.25, -0.2) is 4.79 Å². The predicted molar refractivity (Wildman–Crippen MR) is 65.6 cm³/mol. The molecular weight excluding hydrogens is 222 g/mol. The summed E-state index contributed by atoms with van der Waals surface area (Å²) in [4.78, 5) is 20.8. The largest absolute Gasteiger partial charge is 0.327 e. The highest BCUT2D eigenvalue weighted by molar-refractivity contribution is 8.13. The van der Waals surface area contributed by atoms with E-state index in [1.54, 1.807) is 11.8 Å². The van der Waals surface area contributed by atoms with Crippen LogP contribution in [0.4, 0.5) is 4.79 Å². The van der Waals surface area contributed by atoms with Crippen molar-refractivity contribution in [3.8, 4) is 0 Å². The fourth-order valence-corrected chi connectivity index (χ4v) is 3.92. The number of hydrogen-bond acceptors (Lipinski definition) is 3. The van der Waals surface area contributed by atoms with E-state index in [0.29, 0.717) is 12.1 Å². The molecule has 1 saturated carbocycles. The van der Waals surface area contributed by atoms with Crippen LogP contribution in [0.25, 0.3) is 0 Å². The van der Waals surface area contributed by atoms with Crippen LogP contribution >= 0.6 is 11.8 Å². The van der Waals surface area contributed by atoms with E-state index in [4.69, 9.17) is 4.99 Å². The van der Waals surface area contributed by atoms with Crippen molar-refractivity contribution in [1.29, 1.82) is 0 Å². The topological polar surface area (TPSA) is 35.9 Å². The van der Waals surface area contributed by atoms with Crippen LogP contribution in [0, 0.1) is 0 Å². The fourth-order valence-electron chi connectivity index (χ4n) is 2.79. The average molecular weight is 239 g/mol. The summed E-state index contributed by atoms with van der Waals surface area (Å²) in [5.74, 6) is 0.768. The highest BCUT2D eigenvalue weighted by Gasteiger charge is 2.44. The summed E-state index contributed by atoms with van der Waals surface area (Å²) in [6, 6.07) is 0.921. The Bertz CT molecular complexity index is 344. The number of fused-ring (bicyclic) bond motifs is 3. The third-order valence-electron chi connectivity index (χ3n) is 3.72. The lowest BCUT2D eigenvalue weighted by Crippen LogP contribution is -2.53. The second kappa shape index (κ2) is 3.95. The lowest BCUT2D eigenvalue weighted by molar-refractivity contribution is 0.164. The minimum atomic E-state index is 0.175. The number of amides is 2. The minimum absolute atomic E-state index is 0.175. The molecule has 5 heteroatoms. The Morgan fingerprint density at radius 3 is 3.06 bits per heavy atom. The quantitative estimate of drug-likeness (QED) is 0.702. The Kier molecular flexibility index (Phi) is 2.58. The summed E-state index contributed by atoms with van der Waals surface area (Å²) in [6.07, 6.45) is 4.79. The Morgan fingerprint density at radius 1 is 1.44 bits per heavy atom. The van der Waals surface area contributed by atoms with Gasteiger partial charge in [0.25, 0.3) is 0 Å². The molecule has 0 unspecified atom stereocenters. The molecule has 0 aromatic heterocycles. The van der Waals surface area contributed by atoms with E-state index in [-0.39, 0.29) is 6.03 Å². The Balaban J connectivity index is 1.86. The molecule has 3 rings (SSSR count). The van der Waals surface area contributed by atoms with Crippen LogP contribution in [0.3, 0.4) is 0 Å². The summed E-state index contributed by atoms with van der Waals surface area (Å²) in [5, 5.41) is 0.978. The molecule has 0 bridgehead atoms. The van der Waals surface area contributed by atoms with Gasteiger partial charge in [0.2, 0.25) is 0 Å². The number of carbonyl (C=O) groups excluding carboxylic acids is 1. The molecule has 1 saturated heterocycles. The molecule has 2 amide bonds. The van der Waals surface area contributed by atoms with E-state index < -0.39 is 0 Å². The van der Waals surface area contributed by atoms with E-state index >= 15 is 0 Å². The maximum atomic E-state index is 12.3. The molecule has 88 valence electrons. The molecule has 0 radical (unpaired) electrons. The second-order valence-corrected chi connectivity index (χ2v) is 5.52. The Hall–Kier alpha value is -0.710. The number of hydrogen-bond donors (Lipinski definition) is 0. The highest BCUT2D eigenvalue weighted by atomic mass is 32.2. The molecule has 0 N–H and O–H groups in total. The van der Waals surface area contributed by atoms with Gasteiger partial charge < -0.3 is 4.90 Å². The molecule has 0 aromatic carbocycles. The first-order valence-electron chi connectivity index (χ1n) is 6.10. The van der Waals surface area contributed by atoms with Gasteiger partial charge in [0.15, 0.2) is 5.17 Å². The lowest BCUT2D eigenvalue weighted by Gasteiger charge is -2.37. The maximum Gasteiger partial charge on any atom is 0.327 e. The van der Waals surface area contributed by atoms with Crippen LogP contribution in [0.1, 0.15) is 32.6 Å². The van der Waals surface area contributed by atoms with Gasteiger partial charge in [0, 0.05) is 6.54 Å². The second-order valence-electron chi connectivity index (χ2n) is 4.61. The molecule has 0 spiro atoms. The van der Waals surface area contributed by atoms with Crippen molar-refractivity contribution < 1.29 is 4.79 Å². The monoisotopic (exact) mass is 239 g/mol. The van der Waals surface area contributed by atoms with Crippen LogP contribution in [-0.2, 0) is 0 Å². The number of amidine groups is 1. The first-order chi connectivity index (χ1) is 7.81. The van der Waals surface area contributed by atoms with Crippen molar-refractivity contribution in [3.05, 3.63) is 0 Å². The van der Waals surface area contributed by atoms with Crippen LogP contribution in [-0.4, -0.2) is 45.5 Å². The minimum Gasteiger partial charge on any atom is -0.315 e. The average Bonchev–Trinajstić information content (AvgIpc) is 2.68. The van der Waals surface area contributed by atoms with Gasteiger partial charge in [-0.2, -0.15) is 0 Å². The molecular formula is C11H17N3OS. The number of nitrogens with zero attached hydrogens (tertiary/aromatic N) is 3. The Morgan fingerprint density at radius 2 is 2.25 bits per heavy atom. The van der Waals surface area contributed by atoms with Gasteiger partial charge in [-0.3, -0.25) is 9.89 Å². The van der Waals surface area contributed by atoms with Gasteiger partial charge >= 0.3 is 6.03 Å². The fraction of sp³-hybridized carbons (Fsp3) is 0.818. The number of thioether (sulfide) groups is 1. The van der Waals surface area contributed by atoms with E-state index in [0.717, 1.165) is 30.4 Å². The van der Waals surface area contributed by atoms with Crippen molar-refractivity contribution in [1.82, 2.24) is 9.80 Å². The SMILES string of the molecule is CCN1CSC2=N[C@@H]3CCCC[C@@H]3N2C1=O. The summed E-state index contributed by atoms with van der Waals surface area (Å²) in [6.45, 7) is 2.84. The normalized spacial score (nSPS) is 33.6. The van der Waals surface area contributed by atoms with Crippen molar-refractivity contribution in [2.75, 3.05) is 12.4 Å². The van der Waals surface area contributed by atoms with Gasteiger partial charge in [-0.1, -0.05) is 24.6 Å². The van der Waals surface area contributed by atoms with Crippen molar-refractivity contribution in [3.63, 3.8) is 0 Å². The smallest absolute Gasteiger partial charge is 0.315 e. The molecule has 2 heterocycles.